The Kier molecular flexibility index (Phi) is 2.98. The van der Waals surface area contributed by atoms with Gasteiger partial charge in [0.25, 0.3) is 0 Å². The van der Waals surface area contributed by atoms with Gasteiger partial charge < -0.3 is 5.11 Å². The van der Waals surface area contributed by atoms with Crippen LogP contribution in [-0.4, -0.2) is 28.4 Å². The average molecular weight is 213 g/mol. The molecule has 0 amide bonds. The zero-order valence-corrected chi connectivity index (χ0v) is 7.20. The zero-order chi connectivity index (χ0) is 10.9. The molecule has 0 aliphatic heterocycles. The topological polar surface area (TPSA) is 63.4 Å². The van der Waals surface area contributed by atoms with Crippen LogP contribution in [0, 0.1) is 16.0 Å². The number of alkyl halides is 3. The van der Waals surface area contributed by atoms with Crippen LogP contribution in [0.25, 0.3) is 0 Å². The Morgan fingerprint density at radius 2 is 1.93 bits per heavy atom. The maximum absolute atomic E-state index is 12.2. The van der Waals surface area contributed by atoms with E-state index in [2.05, 4.69) is 0 Å². The van der Waals surface area contributed by atoms with Crippen molar-refractivity contribution in [3.63, 3.8) is 0 Å². The van der Waals surface area contributed by atoms with Crippen molar-refractivity contribution in [1.82, 2.24) is 0 Å². The molecule has 1 aliphatic rings. The fourth-order valence-corrected chi connectivity index (χ4v) is 1.68. The molecule has 7 heteroatoms. The SMILES string of the molecule is O=[N+]([O-])C1CCC(O)C(C(F)(F)F)C1. The van der Waals surface area contributed by atoms with E-state index >= 15 is 0 Å². The van der Waals surface area contributed by atoms with Gasteiger partial charge in [0.05, 0.1) is 12.0 Å². The maximum atomic E-state index is 12.2. The largest absolute Gasteiger partial charge is 0.394 e. The molecule has 1 saturated carbocycles. The Hall–Kier alpha value is -0.850. The molecule has 0 heterocycles. The predicted octanol–water partition coefficient (Wildman–Crippen LogP) is 1.35. The second-order valence-corrected chi connectivity index (χ2v) is 3.47. The molecule has 1 rings (SSSR count). The van der Waals surface area contributed by atoms with Crippen LogP contribution in [-0.2, 0) is 0 Å². The van der Waals surface area contributed by atoms with Crippen molar-refractivity contribution in [2.24, 2.45) is 5.92 Å². The van der Waals surface area contributed by atoms with Gasteiger partial charge in [-0.25, -0.2) is 0 Å². The van der Waals surface area contributed by atoms with Crippen molar-refractivity contribution in [3.05, 3.63) is 10.1 Å². The molecule has 4 nitrogen and oxygen atoms in total. The summed E-state index contributed by atoms with van der Waals surface area (Å²) in [5.41, 5.74) is 0. The molecule has 1 aliphatic carbocycles. The normalized spacial score (nSPS) is 34.1. The minimum Gasteiger partial charge on any atom is -0.392 e. The van der Waals surface area contributed by atoms with Crippen molar-refractivity contribution in [1.29, 1.82) is 0 Å². The first-order valence-electron chi connectivity index (χ1n) is 4.20. The summed E-state index contributed by atoms with van der Waals surface area (Å²) in [4.78, 5) is 9.59. The number of hydrogen-bond acceptors (Lipinski definition) is 3. The van der Waals surface area contributed by atoms with Gasteiger partial charge in [-0.05, 0) is 6.42 Å². The lowest BCUT2D eigenvalue weighted by Gasteiger charge is -2.30. The lowest BCUT2D eigenvalue weighted by Crippen LogP contribution is -2.43. The fraction of sp³-hybridized carbons (Fsp3) is 1.00. The van der Waals surface area contributed by atoms with Crippen LogP contribution in [0.4, 0.5) is 13.2 Å². The number of aliphatic hydroxyl groups is 1. The quantitative estimate of drug-likeness (QED) is 0.528. The maximum Gasteiger partial charge on any atom is 0.394 e. The molecular weight excluding hydrogens is 203 g/mol. The molecule has 0 bridgehead atoms. The molecule has 0 aromatic carbocycles. The molecular formula is C7H10F3NO3. The molecule has 0 saturated heterocycles. The summed E-state index contributed by atoms with van der Waals surface area (Å²) in [5.74, 6) is -1.95. The predicted molar refractivity (Wildman–Crippen MR) is 40.2 cm³/mol. The second-order valence-electron chi connectivity index (χ2n) is 3.47. The van der Waals surface area contributed by atoms with Crippen LogP contribution in [0.1, 0.15) is 19.3 Å². The highest BCUT2D eigenvalue weighted by Gasteiger charge is 2.49. The first-order chi connectivity index (χ1) is 6.32. The Balaban J connectivity index is 2.69. The number of aliphatic hydroxyl groups excluding tert-OH is 1. The minimum absolute atomic E-state index is 0.0146. The van der Waals surface area contributed by atoms with E-state index in [1.54, 1.807) is 0 Å². The summed E-state index contributed by atoms with van der Waals surface area (Å²) in [6, 6.07) is -1.18. The van der Waals surface area contributed by atoms with E-state index in [9.17, 15) is 23.3 Å². The molecule has 3 unspecified atom stereocenters. The van der Waals surface area contributed by atoms with Gasteiger partial charge in [0.15, 0.2) is 0 Å². The molecule has 0 aromatic rings. The molecule has 0 aromatic heterocycles. The van der Waals surface area contributed by atoms with Crippen LogP contribution in [0.2, 0.25) is 0 Å². The molecule has 82 valence electrons. The highest BCUT2D eigenvalue weighted by molar-refractivity contribution is 4.84. The molecule has 3 atom stereocenters. The average Bonchev–Trinajstić information content (AvgIpc) is 2.02. The summed E-state index contributed by atoms with van der Waals surface area (Å²) in [6.45, 7) is 0. The molecule has 1 fully saturated rings. The Morgan fingerprint density at radius 1 is 1.36 bits per heavy atom. The Morgan fingerprint density at radius 3 is 2.36 bits per heavy atom. The number of nitro groups is 1. The van der Waals surface area contributed by atoms with Gasteiger partial charge in [-0.2, -0.15) is 13.2 Å². The summed E-state index contributed by atoms with van der Waals surface area (Å²) in [6.07, 6.45) is -6.80. The third-order valence-electron chi connectivity index (χ3n) is 2.50. The smallest absolute Gasteiger partial charge is 0.392 e. The number of rotatable bonds is 1. The number of nitrogens with zero attached hydrogens (tertiary/aromatic N) is 1. The summed E-state index contributed by atoms with van der Waals surface area (Å²) in [7, 11) is 0. The summed E-state index contributed by atoms with van der Waals surface area (Å²) >= 11 is 0. The monoisotopic (exact) mass is 213 g/mol. The van der Waals surface area contributed by atoms with E-state index in [1.807, 2.05) is 0 Å². The summed E-state index contributed by atoms with van der Waals surface area (Å²) in [5, 5.41) is 19.4. The summed E-state index contributed by atoms with van der Waals surface area (Å²) < 4.78 is 36.7. The third kappa shape index (κ3) is 2.34. The molecule has 1 N–H and O–H groups in total. The van der Waals surface area contributed by atoms with Crippen LogP contribution in [0.5, 0.6) is 0 Å². The Labute approximate surface area is 77.9 Å². The third-order valence-corrected chi connectivity index (χ3v) is 2.50. The van der Waals surface area contributed by atoms with Crippen LogP contribution >= 0.6 is 0 Å². The van der Waals surface area contributed by atoms with Gasteiger partial charge in [-0.3, -0.25) is 10.1 Å². The van der Waals surface area contributed by atoms with Gasteiger partial charge in [0, 0.05) is 17.8 Å². The number of hydrogen-bond donors (Lipinski definition) is 1. The molecule has 14 heavy (non-hydrogen) atoms. The van der Waals surface area contributed by atoms with E-state index in [0.717, 1.165) is 0 Å². The number of halogens is 3. The highest BCUT2D eigenvalue weighted by atomic mass is 19.4. The fourth-order valence-electron chi connectivity index (χ4n) is 1.68. The lowest BCUT2D eigenvalue weighted by atomic mass is 9.83. The first-order valence-corrected chi connectivity index (χ1v) is 4.20. The van der Waals surface area contributed by atoms with Gasteiger partial charge in [-0.15, -0.1) is 0 Å². The van der Waals surface area contributed by atoms with Gasteiger partial charge >= 0.3 is 6.18 Å². The van der Waals surface area contributed by atoms with Crippen LogP contribution < -0.4 is 0 Å². The van der Waals surface area contributed by atoms with Gasteiger partial charge in [0.2, 0.25) is 6.04 Å². The van der Waals surface area contributed by atoms with E-state index in [1.165, 1.54) is 0 Å². The van der Waals surface area contributed by atoms with Crippen molar-refractivity contribution in [2.45, 2.75) is 37.6 Å². The van der Waals surface area contributed by atoms with Crippen LogP contribution in [0.3, 0.4) is 0 Å². The highest BCUT2D eigenvalue weighted by Crippen LogP contribution is 2.38. The van der Waals surface area contributed by atoms with Crippen molar-refractivity contribution < 1.29 is 23.2 Å². The Bertz CT molecular complexity index is 231. The van der Waals surface area contributed by atoms with Crippen LogP contribution in [0.15, 0.2) is 0 Å². The van der Waals surface area contributed by atoms with Crippen molar-refractivity contribution in [2.75, 3.05) is 0 Å². The van der Waals surface area contributed by atoms with E-state index in [0.29, 0.717) is 0 Å². The van der Waals surface area contributed by atoms with E-state index in [4.69, 9.17) is 5.11 Å². The van der Waals surface area contributed by atoms with E-state index in [-0.39, 0.29) is 12.8 Å². The molecule has 0 radical (unpaired) electrons. The minimum atomic E-state index is -4.55. The standard InChI is InChI=1S/C7H10F3NO3/c8-7(9,10)5-3-4(11(13)14)1-2-6(5)12/h4-6,12H,1-3H2. The van der Waals surface area contributed by atoms with E-state index < -0.39 is 35.6 Å². The van der Waals surface area contributed by atoms with Gasteiger partial charge in [0.1, 0.15) is 0 Å². The second kappa shape index (κ2) is 3.72. The van der Waals surface area contributed by atoms with Gasteiger partial charge in [-0.1, -0.05) is 0 Å². The lowest BCUT2D eigenvalue weighted by molar-refractivity contribution is -0.531. The van der Waals surface area contributed by atoms with Crippen molar-refractivity contribution in [3.8, 4) is 0 Å². The van der Waals surface area contributed by atoms with Crippen molar-refractivity contribution >= 4 is 0 Å². The molecule has 0 spiro atoms. The zero-order valence-electron chi connectivity index (χ0n) is 7.20. The first kappa shape index (κ1) is 11.2.